The number of aryl methyl sites for hydroxylation is 1. The fourth-order valence-corrected chi connectivity index (χ4v) is 2.20. The van der Waals surface area contributed by atoms with E-state index in [2.05, 4.69) is 5.10 Å². The van der Waals surface area contributed by atoms with E-state index >= 15 is 0 Å². The summed E-state index contributed by atoms with van der Waals surface area (Å²) in [5.41, 5.74) is 2.65. The monoisotopic (exact) mass is 287 g/mol. The Bertz CT molecular complexity index is 744. The highest BCUT2D eigenvalue weighted by Gasteiger charge is 2.15. The van der Waals surface area contributed by atoms with Gasteiger partial charge in [0.05, 0.1) is 30.3 Å². The molecule has 0 bridgehead atoms. The molecule has 108 valence electrons. The van der Waals surface area contributed by atoms with Gasteiger partial charge < -0.3 is 5.11 Å². The number of carboxylic acid groups (broad SMARTS) is 1. The Morgan fingerprint density at radius 1 is 1.48 bits per heavy atom. The quantitative estimate of drug-likeness (QED) is 0.934. The number of aromatic nitrogens is 2. The Hall–Kier alpha value is -2.68. The molecule has 0 atom stereocenters. The Labute approximate surface area is 121 Å². The molecule has 0 fully saturated rings. The van der Waals surface area contributed by atoms with Gasteiger partial charge in [-0.1, -0.05) is 6.07 Å². The van der Waals surface area contributed by atoms with Gasteiger partial charge in [0, 0.05) is 16.8 Å². The maximum absolute atomic E-state index is 13.9. The first-order valence-electron chi connectivity index (χ1n) is 6.35. The second-order valence-electron chi connectivity index (χ2n) is 4.80. The van der Waals surface area contributed by atoms with E-state index in [-0.39, 0.29) is 18.5 Å². The van der Waals surface area contributed by atoms with Crippen LogP contribution in [0, 0.1) is 31.0 Å². The fraction of sp³-hybridized carbons (Fsp3) is 0.267. The molecule has 21 heavy (non-hydrogen) atoms. The summed E-state index contributed by atoms with van der Waals surface area (Å²) < 4.78 is 15.5. The number of hydrogen-bond donors (Lipinski definition) is 1. The zero-order valence-electron chi connectivity index (χ0n) is 11.7. The Morgan fingerprint density at radius 3 is 2.76 bits per heavy atom. The predicted molar refractivity (Wildman–Crippen MR) is 73.3 cm³/mol. The van der Waals surface area contributed by atoms with Crippen LogP contribution >= 0.6 is 0 Å². The topological polar surface area (TPSA) is 78.9 Å². The zero-order chi connectivity index (χ0) is 15.6. The first-order chi connectivity index (χ1) is 9.92. The summed E-state index contributed by atoms with van der Waals surface area (Å²) in [4.78, 5) is 10.8. The van der Waals surface area contributed by atoms with Gasteiger partial charge in [0.25, 0.3) is 0 Å². The molecule has 0 radical (unpaired) electrons. The summed E-state index contributed by atoms with van der Waals surface area (Å²) in [5.74, 6) is -1.40. The number of aliphatic carboxylic acids is 1. The van der Waals surface area contributed by atoms with Gasteiger partial charge in [0.1, 0.15) is 5.82 Å². The second kappa shape index (κ2) is 5.75. The van der Waals surface area contributed by atoms with E-state index in [0.29, 0.717) is 22.5 Å². The molecule has 1 aromatic carbocycles. The van der Waals surface area contributed by atoms with E-state index < -0.39 is 11.8 Å². The number of nitriles is 1. The highest BCUT2D eigenvalue weighted by molar-refractivity contribution is 5.70. The first kappa shape index (κ1) is 14.7. The van der Waals surface area contributed by atoms with E-state index in [1.54, 1.807) is 30.7 Å². The summed E-state index contributed by atoms with van der Waals surface area (Å²) in [6.07, 6.45) is -0.104. The van der Waals surface area contributed by atoms with Crippen LogP contribution < -0.4 is 0 Å². The van der Waals surface area contributed by atoms with E-state index in [1.165, 1.54) is 6.07 Å². The SMILES string of the molecule is Cc1nn(Cc2ccc(C#N)cc2F)c(C)c1CC(=O)O. The molecule has 2 rings (SSSR count). The lowest BCUT2D eigenvalue weighted by Gasteiger charge is -2.07. The molecular weight excluding hydrogens is 273 g/mol. The highest BCUT2D eigenvalue weighted by Crippen LogP contribution is 2.17. The van der Waals surface area contributed by atoms with Crippen LogP contribution in [0.3, 0.4) is 0 Å². The molecule has 1 aromatic heterocycles. The van der Waals surface area contributed by atoms with Crippen molar-refractivity contribution in [2.24, 2.45) is 0 Å². The molecule has 5 nitrogen and oxygen atoms in total. The number of carbonyl (C=O) groups is 1. The third-order valence-electron chi connectivity index (χ3n) is 3.36. The molecule has 2 aromatic rings. The molecule has 1 N–H and O–H groups in total. The average molecular weight is 287 g/mol. The first-order valence-corrected chi connectivity index (χ1v) is 6.35. The van der Waals surface area contributed by atoms with Crippen LogP contribution in [0.2, 0.25) is 0 Å². The Morgan fingerprint density at radius 2 is 2.19 bits per heavy atom. The van der Waals surface area contributed by atoms with Crippen LogP contribution in [-0.2, 0) is 17.8 Å². The van der Waals surface area contributed by atoms with Crippen LogP contribution in [0.5, 0.6) is 0 Å². The molecule has 0 aliphatic heterocycles. The minimum atomic E-state index is -0.926. The normalized spacial score (nSPS) is 10.4. The Kier molecular flexibility index (Phi) is 4.03. The second-order valence-corrected chi connectivity index (χ2v) is 4.80. The van der Waals surface area contributed by atoms with Crippen molar-refractivity contribution in [1.29, 1.82) is 5.26 Å². The average Bonchev–Trinajstić information content (AvgIpc) is 2.68. The third-order valence-corrected chi connectivity index (χ3v) is 3.36. The van der Waals surface area contributed by atoms with Gasteiger partial charge in [-0.2, -0.15) is 10.4 Å². The summed E-state index contributed by atoms with van der Waals surface area (Å²) >= 11 is 0. The van der Waals surface area contributed by atoms with Gasteiger partial charge in [-0.3, -0.25) is 9.48 Å². The van der Waals surface area contributed by atoms with Crippen molar-refractivity contribution in [3.63, 3.8) is 0 Å². The van der Waals surface area contributed by atoms with Gasteiger partial charge in [0.2, 0.25) is 0 Å². The molecule has 6 heteroatoms. The largest absolute Gasteiger partial charge is 0.481 e. The zero-order valence-corrected chi connectivity index (χ0v) is 11.7. The van der Waals surface area contributed by atoms with E-state index in [0.717, 1.165) is 0 Å². The number of nitrogens with zero attached hydrogens (tertiary/aromatic N) is 3. The summed E-state index contributed by atoms with van der Waals surface area (Å²) in [6.45, 7) is 3.70. The molecular formula is C15H14FN3O2. The van der Waals surface area contributed by atoms with Crippen LogP contribution in [0.1, 0.15) is 28.1 Å². The van der Waals surface area contributed by atoms with Crippen molar-refractivity contribution in [1.82, 2.24) is 9.78 Å². The molecule has 0 aliphatic rings. The van der Waals surface area contributed by atoms with E-state index in [9.17, 15) is 9.18 Å². The van der Waals surface area contributed by atoms with Crippen molar-refractivity contribution in [2.45, 2.75) is 26.8 Å². The number of halogens is 1. The van der Waals surface area contributed by atoms with Gasteiger partial charge in [-0.25, -0.2) is 4.39 Å². The molecule has 0 spiro atoms. The Balaban J connectivity index is 2.32. The third kappa shape index (κ3) is 3.08. The minimum Gasteiger partial charge on any atom is -0.481 e. The smallest absolute Gasteiger partial charge is 0.307 e. The molecule has 0 saturated carbocycles. The number of carboxylic acids is 1. The van der Waals surface area contributed by atoms with Gasteiger partial charge in [-0.05, 0) is 26.0 Å². The van der Waals surface area contributed by atoms with Crippen LogP contribution in [-0.4, -0.2) is 20.9 Å². The standard InChI is InChI=1S/C15H14FN3O2/c1-9-13(6-15(20)21)10(2)19(18-9)8-12-4-3-11(7-17)5-14(12)16/h3-5H,6,8H2,1-2H3,(H,20,21). The van der Waals surface area contributed by atoms with Crippen LogP contribution in [0.25, 0.3) is 0 Å². The van der Waals surface area contributed by atoms with Gasteiger partial charge >= 0.3 is 5.97 Å². The van der Waals surface area contributed by atoms with Crippen molar-refractivity contribution in [3.05, 3.63) is 52.1 Å². The maximum atomic E-state index is 13.9. The molecule has 0 saturated heterocycles. The van der Waals surface area contributed by atoms with Crippen molar-refractivity contribution < 1.29 is 14.3 Å². The lowest BCUT2D eigenvalue weighted by molar-refractivity contribution is -0.136. The minimum absolute atomic E-state index is 0.104. The molecule has 0 amide bonds. The van der Waals surface area contributed by atoms with E-state index in [1.807, 2.05) is 6.07 Å². The summed E-state index contributed by atoms with van der Waals surface area (Å²) in [7, 11) is 0. The summed E-state index contributed by atoms with van der Waals surface area (Å²) in [6, 6.07) is 6.14. The van der Waals surface area contributed by atoms with Crippen molar-refractivity contribution in [3.8, 4) is 6.07 Å². The lowest BCUT2D eigenvalue weighted by atomic mass is 10.1. The van der Waals surface area contributed by atoms with Crippen molar-refractivity contribution >= 4 is 5.97 Å². The molecule has 0 aliphatic carbocycles. The predicted octanol–water partition coefficient (Wildman–Crippen LogP) is 2.19. The van der Waals surface area contributed by atoms with Gasteiger partial charge in [0.15, 0.2) is 0 Å². The molecule has 0 unspecified atom stereocenters. The van der Waals surface area contributed by atoms with E-state index in [4.69, 9.17) is 10.4 Å². The van der Waals surface area contributed by atoms with Crippen molar-refractivity contribution in [2.75, 3.05) is 0 Å². The number of hydrogen-bond acceptors (Lipinski definition) is 3. The maximum Gasteiger partial charge on any atom is 0.307 e. The lowest BCUT2D eigenvalue weighted by Crippen LogP contribution is -2.07. The van der Waals surface area contributed by atoms with Crippen LogP contribution in [0.4, 0.5) is 4.39 Å². The highest BCUT2D eigenvalue weighted by atomic mass is 19.1. The summed E-state index contributed by atoms with van der Waals surface area (Å²) in [5, 5.41) is 21.9. The number of benzene rings is 1. The van der Waals surface area contributed by atoms with Crippen LogP contribution in [0.15, 0.2) is 18.2 Å². The number of rotatable bonds is 4. The van der Waals surface area contributed by atoms with Gasteiger partial charge in [-0.15, -0.1) is 0 Å². The fourth-order valence-electron chi connectivity index (χ4n) is 2.20. The molecule has 1 heterocycles.